The van der Waals surface area contributed by atoms with Crippen LogP contribution in [-0.2, 0) is 9.53 Å². The maximum atomic E-state index is 11.8. The van der Waals surface area contributed by atoms with Gasteiger partial charge >= 0.3 is 0 Å². The van der Waals surface area contributed by atoms with E-state index in [9.17, 15) is 4.79 Å². The molecule has 0 aliphatic carbocycles. The summed E-state index contributed by atoms with van der Waals surface area (Å²) < 4.78 is 5.18. The monoisotopic (exact) mass is 196 g/mol. The van der Waals surface area contributed by atoms with E-state index in [1.807, 2.05) is 0 Å². The molecule has 0 N–H and O–H groups in total. The molecule has 1 fully saturated rings. The van der Waals surface area contributed by atoms with E-state index < -0.39 is 0 Å². The van der Waals surface area contributed by atoms with Gasteiger partial charge in [-0.25, -0.2) is 0 Å². The average molecular weight is 196 g/mol. The number of rotatable bonds is 2. The van der Waals surface area contributed by atoms with Crippen LogP contribution in [0.1, 0.15) is 19.8 Å². The molecule has 78 valence electrons. The number of nitrogens with zero attached hydrogens (tertiary/aromatic N) is 2. The summed E-state index contributed by atoms with van der Waals surface area (Å²) >= 11 is 0. The third kappa shape index (κ3) is 2.46. The van der Waals surface area contributed by atoms with Crippen LogP contribution in [-0.4, -0.2) is 37.1 Å². The molecule has 1 heterocycles. The number of carbonyl (C=O) groups excluding carboxylic acids is 1. The van der Waals surface area contributed by atoms with Gasteiger partial charge in [0.1, 0.15) is 6.04 Å². The van der Waals surface area contributed by atoms with Crippen LogP contribution in [0.15, 0.2) is 0 Å². The topological polar surface area (TPSA) is 53.3 Å². The summed E-state index contributed by atoms with van der Waals surface area (Å²) in [6.07, 6.45) is 1.56. The molecule has 0 aromatic carbocycles. The fourth-order valence-corrected chi connectivity index (χ4v) is 1.51. The van der Waals surface area contributed by atoms with Crippen molar-refractivity contribution in [2.24, 2.45) is 5.92 Å². The highest BCUT2D eigenvalue weighted by Gasteiger charge is 2.26. The van der Waals surface area contributed by atoms with Crippen molar-refractivity contribution in [3.8, 4) is 6.07 Å². The van der Waals surface area contributed by atoms with Gasteiger partial charge in [0.25, 0.3) is 0 Å². The van der Waals surface area contributed by atoms with E-state index in [-0.39, 0.29) is 17.9 Å². The first kappa shape index (κ1) is 11.0. The van der Waals surface area contributed by atoms with Crippen molar-refractivity contribution < 1.29 is 9.53 Å². The summed E-state index contributed by atoms with van der Waals surface area (Å²) in [4.78, 5) is 13.3. The Morgan fingerprint density at radius 3 is 2.64 bits per heavy atom. The minimum Gasteiger partial charge on any atom is -0.381 e. The predicted octanol–water partition coefficient (Wildman–Crippen LogP) is 0.783. The maximum absolute atomic E-state index is 11.8. The van der Waals surface area contributed by atoms with E-state index >= 15 is 0 Å². The highest BCUT2D eigenvalue weighted by molar-refractivity contribution is 5.79. The normalized spacial score (nSPS) is 19.8. The van der Waals surface area contributed by atoms with Crippen LogP contribution < -0.4 is 0 Å². The fourth-order valence-electron chi connectivity index (χ4n) is 1.51. The van der Waals surface area contributed by atoms with Gasteiger partial charge in [-0.05, 0) is 19.8 Å². The molecule has 0 radical (unpaired) electrons. The highest BCUT2D eigenvalue weighted by Crippen LogP contribution is 2.17. The van der Waals surface area contributed by atoms with Gasteiger partial charge in [-0.1, -0.05) is 0 Å². The smallest absolute Gasteiger partial charge is 0.226 e. The van der Waals surface area contributed by atoms with Crippen LogP contribution in [0.4, 0.5) is 0 Å². The quantitative estimate of drug-likeness (QED) is 0.656. The van der Waals surface area contributed by atoms with Gasteiger partial charge in [0.05, 0.1) is 6.07 Å². The van der Waals surface area contributed by atoms with Crippen LogP contribution >= 0.6 is 0 Å². The standard InChI is InChI=1S/C10H16N2O2/c1-8(7-11)12(2)10(13)9-3-5-14-6-4-9/h8-9H,3-6H2,1-2H3. The molecule has 1 amide bonds. The number of ether oxygens (including phenoxy) is 1. The van der Waals surface area contributed by atoms with Crippen LogP contribution in [0.25, 0.3) is 0 Å². The second-order valence-electron chi connectivity index (χ2n) is 3.64. The number of hydrogen-bond acceptors (Lipinski definition) is 3. The number of nitriles is 1. The van der Waals surface area contributed by atoms with Crippen molar-refractivity contribution >= 4 is 5.91 Å². The molecule has 1 atom stereocenters. The van der Waals surface area contributed by atoms with Crippen molar-refractivity contribution in [3.05, 3.63) is 0 Å². The summed E-state index contributed by atoms with van der Waals surface area (Å²) in [6, 6.07) is 1.72. The molecule has 1 saturated heterocycles. The van der Waals surface area contributed by atoms with Gasteiger partial charge in [-0.15, -0.1) is 0 Å². The first-order valence-electron chi connectivity index (χ1n) is 4.91. The summed E-state index contributed by atoms with van der Waals surface area (Å²) in [5.74, 6) is 0.117. The summed E-state index contributed by atoms with van der Waals surface area (Å²) in [6.45, 7) is 3.05. The summed E-state index contributed by atoms with van der Waals surface area (Å²) in [5.41, 5.74) is 0. The van der Waals surface area contributed by atoms with Gasteiger partial charge in [0, 0.05) is 26.2 Å². The Morgan fingerprint density at radius 1 is 1.57 bits per heavy atom. The Hall–Kier alpha value is -1.08. The largest absolute Gasteiger partial charge is 0.381 e. The van der Waals surface area contributed by atoms with E-state index in [4.69, 9.17) is 10.00 Å². The van der Waals surface area contributed by atoms with Gasteiger partial charge in [-0.3, -0.25) is 4.79 Å². The van der Waals surface area contributed by atoms with Gasteiger partial charge in [-0.2, -0.15) is 5.26 Å². The summed E-state index contributed by atoms with van der Waals surface area (Å²) in [5, 5.41) is 8.68. The number of carbonyl (C=O) groups is 1. The van der Waals surface area contributed by atoms with Gasteiger partial charge in [0.2, 0.25) is 5.91 Å². The lowest BCUT2D eigenvalue weighted by Crippen LogP contribution is -2.40. The molecule has 14 heavy (non-hydrogen) atoms. The second kappa shape index (κ2) is 4.97. The molecule has 0 spiro atoms. The molecule has 1 unspecified atom stereocenters. The first-order chi connectivity index (χ1) is 6.66. The average Bonchev–Trinajstić information content (AvgIpc) is 2.27. The molecule has 1 aliphatic rings. The lowest BCUT2D eigenvalue weighted by Gasteiger charge is -2.27. The Bertz CT molecular complexity index is 241. The molecule has 4 heteroatoms. The number of amides is 1. The van der Waals surface area contributed by atoms with E-state index in [0.29, 0.717) is 13.2 Å². The molecular weight excluding hydrogens is 180 g/mol. The maximum Gasteiger partial charge on any atom is 0.226 e. The zero-order valence-electron chi connectivity index (χ0n) is 8.69. The molecule has 4 nitrogen and oxygen atoms in total. The van der Waals surface area contributed by atoms with Crippen molar-refractivity contribution in [2.75, 3.05) is 20.3 Å². The van der Waals surface area contributed by atoms with E-state index in [1.165, 1.54) is 4.90 Å². The van der Waals surface area contributed by atoms with E-state index in [0.717, 1.165) is 12.8 Å². The van der Waals surface area contributed by atoms with E-state index in [1.54, 1.807) is 14.0 Å². The highest BCUT2D eigenvalue weighted by atomic mass is 16.5. The summed E-state index contributed by atoms with van der Waals surface area (Å²) in [7, 11) is 1.69. The van der Waals surface area contributed by atoms with Crippen molar-refractivity contribution in [3.63, 3.8) is 0 Å². The zero-order valence-corrected chi connectivity index (χ0v) is 8.69. The molecule has 1 aliphatic heterocycles. The van der Waals surface area contributed by atoms with Crippen LogP contribution in [0.2, 0.25) is 0 Å². The zero-order chi connectivity index (χ0) is 10.6. The molecular formula is C10H16N2O2. The van der Waals surface area contributed by atoms with Gasteiger partial charge < -0.3 is 9.64 Å². The van der Waals surface area contributed by atoms with E-state index in [2.05, 4.69) is 6.07 Å². The fraction of sp³-hybridized carbons (Fsp3) is 0.800. The minimum absolute atomic E-state index is 0.0459. The molecule has 0 saturated carbocycles. The first-order valence-corrected chi connectivity index (χ1v) is 4.91. The molecule has 0 aromatic heterocycles. The molecule has 0 bridgehead atoms. The lowest BCUT2D eigenvalue weighted by molar-refractivity contribution is -0.138. The van der Waals surface area contributed by atoms with Crippen molar-refractivity contribution in [1.82, 2.24) is 4.90 Å². The molecule has 0 aromatic rings. The SMILES string of the molecule is CC(C#N)N(C)C(=O)C1CCOCC1. The number of hydrogen-bond donors (Lipinski definition) is 0. The Kier molecular flexibility index (Phi) is 3.90. The molecule has 1 rings (SSSR count). The van der Waals surface area contributed by atoms with Crippen LogP contribution in [0.5, 0.6) is 0 Å². The van der Waals surface area contributed by atoms with Crippen LogP contribution in [0.3, 0.4) is 0 Å². The Balaban J connectivity index is 2.51. The van der Waals surface area contributed by atoms with Crippen molar-refractivity contribution in [2.45, 2.75) is 25.8 Å². The Labute approximate surface area is 84.4 Å². The minimum atomic E-state index is -0.342. The van der Waals surface area contributed by atoms with Crippen LogP contribution in [0, 0.1) is 17.2 Å². The predicted molar refractivity (Wildman–Crippen MR) is 51.4 cm³/mol. The third-order valence-corrected chi connectivity index (χ3v) is 2.69. The lowest BCUT2D eigenvalue weighted by atomic mass is 9.98. The Morgan fingerprint density at radius 2 is 2.14 bits per heavy atom. The van der Waals surface area contributed by atoms with Gasteiger partial charge in [0.15, 0.2) is 0 Å². The second-order valence-corrected chi connectivity index (χ2v) is 3.64. The third-order valence-electron chi connectivity index (χ3n) is 2.69. The van der Waals surface area contributed by atoms with Crippen molar-refractivity contribution in [1.29, 1.82) is 5.26 Å².